The summed E-state index contributed by atoms with van der Waals surface area (Å²) in [6.07, 6.45) is 0. The molecule has 0 saturated carbocycles. The van der Waals surface area contributed by atoms with Gasteiger partial charge in [0.25, 0.3) is 11.4 Å². The molecule has 0 radical (unpaired) electrons. The molecular weight excluding hydrogens is 444 g/mol. The van der Waals surface area contributed by atoms with Crippen LogP contribution in [-0.4, -0.2) is 44.1 Å². The Hall–Kier alpha value is -4.39. The van der Waals surface area contributed by atoms with Crippen molar-refractivity contribution in [3.63, 3.8) is 0 Å². The maximum absolute atomic E-state index is 12.7. The molecule has 0 aliphatic rings. The smallest absolute Gasteiger partial charge is 0.367 e. The molecule has 0 fully saturated rings. The second-order valence-corrected chi connectivity index (χ2v) is 7.49. The summed E-state index contributed by atoms with van der Waals surface area (Å²) in [4.78, 5) is 58.0. The van der Waals surface area contributed by atoms with Crippen molar-refractivity contribution < 1.29 is 43.5 Å². The Balaban J connectivity index is 2.34. The highest BCUT2D eigenvalue weighted by atomic mass is 16.6. The van der Waals surface area contributed by atoms with Gasteiger partial charge in [0.1, 0.15) is 17.1 Å². The van der Waals surface area contributed by atoms with E-state index in [9.17, 15) is 39.7 Å². The molecule has 33 heavy (non-hydrogen) atoms. The van der Waals surface area contributed by atoms with Crippen LogP contribution in [0.25, 0.3) is 0 Å². The first-order chi connectivity index (χ1) is 15.2. The first-order valence-electron chi connectivity index (χ1n) is 9.13. The number of nitro benzene ring substituents is 2. The third-order valence-corrected chi connectivity index (χ3v) is 3.80. The van der Waals surface area contributed by atoms with Crippen molar-refractivity contribution in [1.82, 2.24) is 0 Å². The van der Waals surface area contributed by atoms with E-state index in [0.717, 1.165) is 48.5 Å². The van der Waals surface area contributed by atoms with E-state index in [2.05, 4.69) is 0 Å². The summed E-state index contributed by atoms with van der Waals surface area (Å²) in [5.74, 6) is -5.93. The van der Waals surface area contributed by atoms with E-state index in [-0.39, 0.29) is 22.9 Å². The predicted octanol–water partition coefficient (Wildman–Crippen LogP) is 2.09. The lowest BCUT2D eigenvalue weighted by Crippen LogP contribution is -2.59. The maximum Gasteiger partial charge on any atom is 0.367 e. The van der Waals surface area contributed by atoms with E-state index in [0.29, 0.717) is 0 Å². The van der Waals surface area contributed by atoms with Crippen LogP contribution in [0, 0.1) is 20.2 Å². The molecule has 0 bridgehead atoms. The van der Waals surface area contributed by atoms with Crippen molar-refractivity contribution in [3.05, 3.63) is 68.8 Å². The number of carbonyl (C=O) groups excluding carboxylic acids is 3. The van der Waals surface area contributed by atoms with Gasteiger partial charge in [0.15, 0.2) is 0 Å². The van der Waals surface area contributed by atoms with Gasteiger partial charge in [-0.15, -0.1) is 0 Å². The zero-order valence-electron chi connectivity index (χ0n) is 17.5. The minimum atomic E-state index is -3.59. The molecule has 2 aromatic carbocycles. The molecule has 1 N–H and O–H groups in total. The van der Waals surface area contributed by atoms with Crippen LogP contribution in [0.2, 0.25) is 0 Å². The van der Waals surface area contributed by atoms with Gasteiger partial charge in [-0.25, -0.2) is 14.4 Å². The zero-order valence-corrected chi connectivity index (χ0v) is 17.5. The van der Waals surface area contributed by atoms with Gasteiger partial charge >= 0.3 is 23.5 Å². The Bertz CT molecular complexity index is 1010. The quantitative estimate of drug-likeness (QED) is 0.209. The topological polar surface area (TPSA) is 185 Å². The second kappa shape index (κ2) is 9.40. The van der Waals surface area contributed by atoms with Gasteiger partial charge in [-0.2, -0.15) is 0 Å². The normalized spacial score (nSPS) is 11.3. The molecule has 0 heterocycles. The number of hydrogen-bond acceptors (Lipinski definition) is 11. The number of rotatable bonds is 7. The van der Waals surface area contributed by atoms with E-state index in [4.69, 9.17) is 14.2 Å². The van der Waals surface area contributed by atoms with E-state index >= 15 is 0 Å². The maximum atomic E-state index is 12.7. The zero-order chi connectivity index (χ0) is 25.0. The van der Waals surface area contributed by atoms with Crippen molar-refractivity contribution in [2.24, 2.45) is 0 Å². The van der Waals surface area contributed by atoms with Gasteiger partial charge in [-0.1, -0.05) is 0 Å². The summed E-state index contributed by atoms with van der Waals surface area (Å²) < 4.78 is 14.7. The monoisotopic (exact) mass is 462 g/mol. The van der Waals surface area contributed by atoms with Gasteiger partial charge in [-0.05, 0) is 45.0 Å². The summed E-state index contributed by atoms with van der Waals surface area (Å²) >= 11 is 0. The number of ether oxygens (including phenoxy) is 3. The largest absolute Gasteiger partial charge is 0.457 e. The molecule has 174 valence electrons. The Labute approximate surface area is 185 Å². The summed E-state index contributed by atoms with van der Waals surface area (Å²) in [5, 5.41) is 32.2. The Morgan fingerprint density at radius 3 is 1.33 bits per heavy atom. The Morgan fingerprint density at radius 1 is 0.727 bits per heavy atom. The lowest BCUT2D eigenvalue weighted by molar-refractivity contribution is -0.385. The SMILES string of the molecule is CC(C)(C)OC(=O)C(O)(C(=O)Oc1ccc([N+](=O)[O-])cc1)C(=O)Oc1ccc([N+](=O)[O-])cc1. The third-order valence-electron chi connectivity index (χ3n) is 3.80. The minimum Gasteiger partial charge on any atom is -0.457 e. The van der Waals surface area contributed by atoms with Crippen LogP contribution in [0.5, 0.6) is 11.5 Å². The fraction of sp³-hybridized carbons (Fsp3) is 0.250. The van der Waals surface area contributed by atoms with Crippen LogP contribution in [0.3, 0.4) is 0 Å². The number of nitro groups is 2. The van der Waals surface area contributed by atoms with Gasteiger partial charge in [0.2, 0.25) is 0 Å². The van der Waals surface area contributed by atoms with Crippen LogP contribution in [0.15, 0.2) is 48.5 Å². The molecule has 0 atom stereocenters. The van der Waals surface area contributed by atoms with Crippen LogP contribution in [0.1, 0.15) is 20.8 Å². The lowest BCUT2D eigenvalue weighted by atomic mass is 10.0. The number of non-ortho nitro benzene ring substituents is 2. The van der Waals surface area contributed by atoms with Crippen LogP contribution in [-0.2, 0) is 19.1 Å². The van der Waals surface area contributed by atoms with E-state index in [1.54, 1.807) is 0 Å². The Kier molecular flexibility index (Phi) is 7.08. The highest BCUT2D eigenvalue weighted by Gasteiger charge is 2.58. The number of hydrogen-bond donors (Lipinski definition) is 1. The number of benzene rings is 2. The van der Waals surface area contributed by atoms with Crippen molar-refractivity contribution in [3.8, 4) is 11.5 Å². The second-order valence-electron chi connectivity index (χ2n) is 7.49. The molecule has 2 rings (SSSR count). The fourth-order valence-corrected chi connectivity index (χ4v) is 2.24. The molecule has 0 aromatic heterocycles. The first kappa shape index (κ1) is 24.9. The third kappa shape index (κ3) is 6.07. The lowest BCUT2D eigenvalue weighted by Gasteiger charge is -2.27. The summed E-state index contributed by atoms with van der Waals surface area (Å²) in [6.45, 7) is 4.23. The average molecular weight is 462 g/mol. The van der Waals surface area contributed by atoms with Gasteiger partial charge in [-0.3, -0.25) is 20.2 Å². The molecule has 0 unspecified atom stereocenters. The minimum absolute atomic E-state index is 0.323. The van der Waals surface area contributed by atoms with Crippen LogP contribution >= 0.6 is 0 Å². The van der Waals surface area contributed by atoms with Gasteiger partial charge < -0.3 is 19.3 Å². The average Bonchev–Trinajstić information content (AvgIpc) is 2.72. The number of aliphatic hydroxyl groups is 1. The summed E-state index contributed by atoms with van der Waals surface area (Å²) in [7, 11) is 0. The van der Waals surface area contributed by atoms with Gasteiger partial charge in [0.05, 0.1) is 9.85 Å². The van der Waals surface area contributed by atoms with Gasteiger partial charge in [0, 0.05) is 24.3 Å². The summed E-state index contributed by atoms with van der Waals surface area (Å²) in [5.41, 5.74) is -5.46. The van der Waals surface area contributed by atoms with Crippen LogP contribution < -0.4 is 9.47 Å². The van der Waals surface area contributed by atoms with E-state index in [1.807, 2.05) is 0 Å². The Morgan fingerprint density at radius 2 is 1.06 bits per heavy atom. The molecule has 0 spiro atoms. The number of nitrogens with zero attached hydrogens (tertiary/aromatic N) is 2. The summed E-state index contributed by atoms with van der Waals surface area (Å²) in [6, 6.07) is 7.99. The van der Waals surface area contributed by atoms with Crippen molar-refractivity contribution >= 4 is 29.3 Å². The fourth-order valence-electron chi connectivity index (χ4n) is 2.24. The molecule has 2 aromatic rings. The highest BCUT2D eigenvalue weighted by molar-refractivity contribution is 6.22. The van der Waals surface area contributed by atoms with E-state index in [1.165, 1.54) is 20.8 Å². The first-order valence-corrected chi connectivity index (χ1v) is 9.13. The molecule has 0 aliphatic heterocycles. The highest BCUT2D eigenvalue weighted by Crippen LogP contribution is 2.24. The molecule has 13 heteroatoms. The predicted molar refractivity (Wildman–Crippen MR) is 108 cm³/mol. The molecular formula is C20H18N2O11. The molecule has 13 nitrogen and oxygen atoms in total. The van der Waals surface area contributed by atoms with E-state index < -0.39 is 39.0 Å². The number of carbonyl (C=O) groups is 3. The number of esters is 3. The van der Waals surface area contributed by atoms with Crippen LogP contribution in [0.4, 0.5) is 11.4 Å². The van der Waals surface area contributed by atoms with Crippen molar-refractivity contribution in [2.45, 2.75) is 32.0 Å². The van der Waals surface area contributed by atoms with Crippen molar-refractivity contribution in [1.29, 1.82) is 0 Å². The molecule has 0 saturated heterocycles. The van der Waals surface area contributed by atoms with Crippen molar-refractivity contribution in [2.75, 3.05) is 0 Å². The standard InChI is InChI=1S/C20H18N2O11/c1-19(2,3)33-18(25)20(26,16(23)31-14-8-4-12(5-9-14)21(27)28)17(24)32-15-10-6-13(7-11-15)22(29)30/h4-11,26H,1-3H3. The molecule has 0 amide bonds. The molecule has 0 aliphatic carbocycles.